The summed E-state index contributed by atoms with van der Waals surface area (Å²) in [7, 11) is 4.93. The monoisotopic (exact) mass is 562 g/mol. The van der Waals surface area contributed by atoms with Gasteiger partial charge in [-0.1, -0.05) is 28.1 Å². The second-order valence-corrected chi connectivity index (χ2v) is 9.50. The molecule has 36 heavy (non-hydrogen) atoms. The summed E-state index contributed by atoms with van der Waals surface area (Å²) in [4.78, 5) is 8.86. The van der Waals surface area contributed by atoms with Crippen LogP contribution in [0.3, 0.4) is 0 Å². The zero-order valence-electron chi connectivity index (χ0n) is 19.9. The zero-order chi connectivity index (χ0) is 25.1. The maximum Gasteiger partial charge on any atom is 0.211 e. The summed E-state index contributed by atoms with van der Waals surface area (Å²) in [6.07, 6.45) is 3.77. The van der Waals surface area contributed by atoms with E-state index < -0.39 is 0 Å². The van der Waals surface area contributed by atoms with Gasteiger partial charge >= 0.3 is 0 Å². The third-order valence-electron chi connectivity index (χ3n) is 5.66. The van der Waals surface area contributed by atoms with Gasteiger partial charge in [0, 0.05) is 38.1 Å². The largest absolute Gasteiger partial charge is 0.497 e. The first kappa shape index (κ1) is 23.9. The Labute approximate surface area is 220 Å². The van der Waals surface area contributed by atoms with Crippen molar-refractivity contribution in [3.05, 3.63) is 87.1 Å². The van der Waals surface area contributed by atoms with Crippen LogP contribution in [0.5, 0.6) is 17.2 Å². The molecule has 1 N–H and O–H groups in total. The number of H-pyrrole nitrogens is 1. The lowest BCUT2D eigenvalue weighted by Crippen LogP contribution is -2.12. The number of rotatable bonds is 7. The predicted octanol–water partition coefficient (Wildman–Crippen LogP) is 6.60. The van der Waals surface area contributed by atoms with Gasteiger partial charge in [0.25, 0.3) is 0 Å². The van der Waals surface area contributed by atoms with Crippen LogP contribution < -0.4 is 19.0 Å². The van der Waals surface area contributed by atoms with E-state index in [1.54, 1.807) is 21.3 Å². The van der Waals surface area contributed by atoms with Gasteiger partial charge in [-0.05, 0) is 48.5 Å². The SMILES string of the molecule is COc1ccc(OC)c(-c2csc(=Nc3ccccc3OC)n2N=Cc2c[nH]c3ccc(Br)cc23)c1. The van der Waals surface area contributed by atoms with Crippen molar-refractivity contribution in [1.82, 2.24) is 9.66 Å². The molecule has 7 nitrogen and oxygen atoms in total. The average molecular weight is 563 g/mol. The molecule has 0 amide bonds. The molecule has 2 aromatic heterocycles. The standard InChI is InChI=1S/C27H23BrN4O3S/c1-33-19-9-11-25(34-2)21(13-19)24-16-36-27(31-23-6-4-5-7-26(23)35-3)32(24)30-15-17-14-29-22-10-8-18(28)12-20(17)22/h4-16,29H,1-3H3. The molecule has 2 heterocycles. The summed E-state index contributed by atoms with van der Waals surface area (Å²) in [5.41, 5.74) is 4.36. The van der Waals surface area contributed by atoms with Crippen LogP contribution in [-0.4, -0.2) is 37.2 Å². The highest BCUT2D eigenvalue weighted by molar-refractivity contribution is 9.10. The number of ether oxygens (including phenoxy) is 3. The van der Waals surface area contributed by atoms with E-state index in [0.29, 0.717) is 22.0 Å². The molecule has 0 spiro atoms. The molecule has 5 aromatic rings. The summed E-state index contributed by atoms with van der Waals surface area (Å²) >= 11 is 5.04. The fourth-order valence-electron chi connectivity index (χ4n) is 3.85. The van der Waals surface area contributed by atoms with Crippen LogP contribution in [0.1, 0.15) is 5.56 Å². The van der Waals surface area contributed by atoms with E-state index >= 15 is 0 Å². The van der Waals surface area contributed by atoms with Crippen molar-refractivity contribution in [2.45, 2.75) is 0 Å². The molecule has 0 aliphatic heterocycles. The van der Waals surface area contributed by atoms with Crippen molar-refractivity contribution in [3.8, 4) is 28.5 Å². The summed E-state index contributed by atoms with van der Waals surface area (Å²) in [5.74, 6) is 2.11. The Balaban J connectivity index is 1.71. The smallest absolute Gasteiger partial charge is 0.211 e. The highest BCUT2D eigenvalue weighted by Gasteiger charge is 2.15. The van der Waals surface area contributed by atoms with Gasteiger partial charge in [-0.25, -0.2) is 9.67 Å². The molecule has 0 atom stereocenters. The van der Waals surface area contributed by atoms with E-state index in [1.807, 2.05) is 77.1 Å². The van der Waals surface area contributed by atoms with E-state index in [0.717, 1.165) is 37.9 Å². The van der Waals surface area contributed by atoms with Crippen LogP contribution in [0, 0.1) is 0 Å². The Kier molecular flexibility index (Phi) is 6.92. The fourth-order valence-corrected chi connectivity index (χ4v) is 5.06. The number of thiazole rings is 1. The Morgan fingerprint density at radius 1 is 0.944 bits per heavy atom. The number of nitrogens with zero attached hydrogens (tertiary/aromatic N) is 3. The molecule has 0 radical (unpaired) electrons. The van der Waals surface area contributed by atoms with Gasteiger partial charge in [0.05, 0.1) is 33.2 Å². The van der Waals surface area contributed by atoms with Gasteiger partial charge in [0.2, 0.25) is 4.80 Å². The fraction of sp³-hybridized carbons (Fsp3) is 0.111. The molecule has 3 aromatic carbocycles. The van der Waals surface area contributed by atoms with Crippen molar-refractivity contribution in [1.29, 1.82) is 0 Å². The molecule has 0 saturated carbocycles. The summed E-state index contributed by atoms with van der Waals surface area (Å²) in [6.45, 7) is 0. The Bertz CT molecular complexity index is 1630. The van der Waals surface area contributed by atoms with Crippen LogP contribution >= 0.6 is 27.3 Å². The number of benzene rings is 3. The number of hydrogen-bond acceptors (Lipinski definition) is 6. The third kappa shape index (κ3) is 4.67. The lowest BCUT2D eigenvalue weighted by molar-refractivity contribution is 0.404. The van der Waals surface area contributed by atoms with Crippen molar-refractivity contribution >= 4 is 50.1 Å². The maximum atomic E-state index is 5.66. The highest BCUT2D eigenvalue weighted by Crippen LogP contribution is 2.34. The molecule has 0 aliphatic rings. The molecule has 182 valence electrons. The molecular formula is C27H23BrN4O3S. The van der Waals surface area contributed by atoms with Gasteiger partial charge in [0.15, 0.2) is 0 Å². The number of halogens is 1. The van der Waals surface area contributed by atoms with Crippen molar-refractivity contribution in [3.63, 3.8) is 0 Å². The van der Waals surface area contributed by atoms with Crippen LogP contribution in [0.2, 0.25) is 0 Å². The van der Waals surface area contributed by atoms with E-state index in [1.165, 1.54) is 11.3 Å². The topological polar surface area (TPSA) is 73.1 Å². The minimum absolute atomic E-state index is 0.677. The van der Waals surface area contributed by atoms with Crippen LogP contribution in [0.4, 0.5) is 5.69 Å². The number of nitrogens with one attached hydrogen (secondary N) is 1. The van der Waals surface area contributed by atoms with E-state index in [4.69, 9.17) is 24.3 Å². The summed E-state index contributed by atoms with van der Waals surface area (Å²) in [6, 6.07) is 19.4. The number of para-hydroxylation sites is 2. The molecule has 0 bridgehead atoms. The summed E-state index contributed by atoms with van der Waals surface area (Å²) in [5, 5.41) is 7.95. The number of methoxy groups -OCH3 is 3. The quantitative estimate of drug-likeness (QED) is 0.227. The van der Waals surface area contributed by atoms with E-state index in [2.05, 4.69) is 27.0 Å². The molecule has 0 fully saturated rings. The molecule has 0 aliphatic carbocycles. The minimum atomic E-state index is 0.677. The number of aromatic nitrogens is 2. The van der Waals surface area contributed by atoms with Gasteiger partial charge in [-0.3, -0.25) is 0 Å². The zero-order valence-corrected chi connectivity index (χ0v) is 22.3. The van der Waals surface area contributed by atoms with Gasteiger partial charge in [0.1, 0.15) is 22.9 Å². The average Bonchev–Trinajstić information content (AvgIpc) is 3.50. The normalized spacial score (nSPS) is 11.9. The molecule has 0 saturated heterocycles. The van der Waals surface area contributed by atoms with E-state index in [-0.39, 0.29) is 0 Å². The predicted molar refractivity (Wildman–Crippen MR) is 148 cm³/mol. The van der Waals surface area contributed by atoms with Gasteiger partial charge in [-0.2, -0.15) is 5.10 Å². The summed E-state index contributed by atoms with van der Waals surface area (Å²) < 4.78 is 19.5. The molecule has 5 rings (SSSR count). The molecule has 9 heteroatoms. The second kappa shape index (κ2) is 10.4. The van der Waals surface area contributed by atoms with Gasteiger partial charge < -0.3 is 19.2 Å². The van der Waals surface area contributed by atoms with Gasteiger partial charge in [-0.15, -0.1) is 11.3 Å². The molecular weight excluding hydrogens is 540 g/mol. The van der Waals surface area contributed by atoms with Crippen molar-refractivity contribution in [2.24, 2.45) is 10.1 Å². The van der Waals surface area contributed by atoms with Crippen LogP contribution in [0.15, 0.2) is 86.8 Å². The van der Waals surface area contributed by atoms with Crippen LogP contribution in [0.25, 0.3) is 22.2 Å². The Morgan fingerprint density at radius 2 is 1.78 bits per heavy atom. The highest BCUT2D eigenvalue weighted by atomic mass is 79.9. The lowest BCUT2D eigenvalue weighted by atomic mass is 10.1. The van der Waals surface area contributed by atoms with Crippen LogP contribution in [-0.2, 0) is 0 Å². The first-order valence-electron chi connectivity index (χ1n) is 11.0. The van der Waals surface area contributed by atoms with Crippen molar-refractivity contribution < 1.29 is 14.2 Å². The second-order valence-electron chi connectivity index (χ2n) is 7.74. The Hall–Kier alpha value is -3.82. The Morgan fingerprint density at radius 3 is 2.58 bits per heavy atom. The lowest BCUT2D eigenvalue weighted by Gasteiger charge is -2.11. The maximum absolute atomic E-state index is 5.66. The molecule has 0 unspecified atom stereocenters. The number of fused-ring (bicyclic) bond motifs is 1. The van der Waals surface area contributed by atoms with Crippen molar-refractivity contribution in [2.75, 3.05) is 21.3 Å². The van der Waals surface area contributed by atoms with E-state index in [9.17, 15) is 0 Å². The first-order valence-corrected chi connectivity index (χ1v) is 12.7. The third-order valence-corrected chi connectivity index (χ3v) is 6.97. The minimum Gasteiger partial charge on any atom is -0.497 e. The number of hydrogen-bond donors (Lipinski definition) is 1. The first-order chi connectivity index (χ1) is 17.6. The number of aromatic amines is 1.